The molecule has 0 aliphatic heterocycles. The fourth-order valence-electron chi connectivity index (χ4n) is 11.9. The van der Waals surface area contributed by atoms with Crippen LogP contribution >= 0.6 is 0 Å². The second kappa shape index (κ2) is 62.5. The molecule has 2 nitrogen and oxygen atoms in total. The number of aryl methyl sites for hydroxylation is 2. The predicted octanol–water partition coefficient (Wildman–Crippen LogP) is 27.9. The average molecular weight is 1210 g/mol. The van der Waals surface area contributed by atoms with Crippen LogP contribution in [0.2, 0.25) is 0 Å². The van der Waals surface area contributed by atoms with Crippen LogP contribution in [-0.2, 0) is 33.3 Å². The van der Waals surface area contributed by atoms with Crippen molar-refractivity contribution in [3.63, 3.8) is 0 Å². The molecule has 0 fully saturated rings. The van der Waals surface area contributed by atoms with Crippen molar-refractivity contribution in [2.24, 2.45) is 9.98 Å². The summed E-state index contributed by atoms with van der Waals surface area (Å²) in [7, 11) is 0. The maximum atomic E-state index is 5.56. The van der Waals surface area contributed by atoms with E-state index >= 15 is 0 Å². The van der Waals surface area contributed by atoms with Crippen LogP contribution in [0.15, 0.2) is 82.8 Å². The van der Waals surface area contributed by atoms with Crippen molar-refractivity contribution < 1.29 is 20.4 Å². The molecule has 2 aromatic carbocycles. The SMILES string of the molecule is CCCCCCCCCCCCCCCCCCCCCCC/C=C/CCc1ccccc1N=C(CCCC)C(CCCCCC)=Nc1ccccc1CC/C=C/CCCCCCCCCCCCCCCCCCCCCCC.[Pd]. The van der Waals surface area contributed by atoms with E-state index in [0.29, 0.717) is 0 Å². The summed E-state index contributed by atoms with van der Waals surface area (Å²) in [6, 6.07) is 17.9. The quantitative estimate of drug-likeness (QED) is 0.0273. The molecule has 0 aliphatic carbocycles. The number of benzene rings is 2. The Morgan fingerprint density at radius 1 is 0.259 bits per heavy atom. The van der Waals surface area contributed by atoms with Crippen LogP contribution in [0.1, 0.15) is 386 Å². The van der Waals surface area contributed by atoms with Crippen molar-refractivity contribution in [3.8, 4) is 0 Å². The summed E-state index contributed by atoms with van der Waals surface area (Å²) in [6.45, 7) is 9.24. The molecule has 0 bridgehead atoms. The van der Waals surface area contributed by atoms with Crippen molar-refractivity contribution in [2.45, 2.75) is 387 Å². The van der Waals surface area contributed by atoms with E-state index in [0.717, 1.165) is 62.7 Å². The van der Waals surface area contributed by atoms with Gasteiger partial charge >= 0.3 is 0 Å². The summed E-state index contributed by atoms with van der Waals surface area (Å²) in [4.78, 5) is 11.1. The molecule has 0 saturated heterocycles. The van der Waals surface area contributed by atoms with E-state index in [-0.39, 0.29) is 20.4 Å². The Kier molecular flexibility index (Phi) is 59.3. The van der Waals surface area contributed by atoms with E-state index in [1.165, 1.54) is 331 Å². The fourth-order valence-corrected chi connectivity index (χ4v) is 11.9. The van der Waals surface area contributed by atoms with Gasteiger partial charge in [-0.3, -0.25) is 9.98 Å². The minimum absolute atomic E-state index is 0. The molecule has 3 heteroatoms. The Morgan fingerprint density at radius 2 is 0.481 bits per heavy atom. The average Bonchev–Trinajstić information content (AvgIpc) is 3.49. The largest absolute Gasteiger partial charge is 0.251 e. The summed E-state index contributed by atoms with van der Waals surface area (Å²) in [6.07, 6.45) is 86.3. The van der Waals surface area contributed by atoms with Gasteiger partial charge in [0.15, 0.2) is 0 Å². The number of para-hydroxylation sites is 2. The van der Waals surface area contributed by atoms with E-state index in [9.17, 15) is 0 Å². The summed E-state index contributed by atoms with van der Waals surface area (Å²) in [5.74, 6) is 0. The second-order valence-electron chi connectivity index (χ2n) is 25.0. The molecule has 468 valence electrons. The van der Waals surface area contributed by atoms with Crippen LogP contribution in [-0.4, -0.2) is 11.4 Å². The van der Waals surface area contributed by atoms with Gasteiger partial charge in [-0.25, -0.2) is 0 Å². The van der Waals surface area contributed by atoms with Crippen molar-refractivity contribution >= 4 is 22.8 Å². The van der Waals surface area contributed by atoms with Gasteiger partial charge in [0, 0.05) is 20.4 Å². The van der Waals surface area contributed by atoms with Gasteiger partial charge in [-0.2, -0.15) is 0 Å². The zero-order valence-electron chi connectivity index (χ0n) is 54.7. The van der Waals surface area contributed by atoms with Gasteiger partial charge in [0.05, 0.1) is 22.8 Å². The number of nitrogens with zero attached hydrogens (tertiary/aromatic N) is 2. The van der Waals surface area contributed by atoms with Crippen LogP contribution in [0.3, 0.4) is 0 Å². The molecule has 0 heterocycles. The van der Waals surface area contributed by atoms with Gasteiger partial charge in [-0.1, -0.05) is 371 Å². The zero-order chi connectivity index (χ0) is 57.0. The minimum Gasteiger partial charge on any atom is -0.251 e. The predicted molar refractivity (Wildman–Crippen MR) is 365 cm³/mol. The molecular weight excluding hydrogens is 1070 g/mol. The number of unbranched alkanes of at least 4 members (excludes halogenated alkanes) is 46. The normalized spacial score (nSPS) is 12.2. The Hall–Kier alpha value is -2.08. The third-order valence-corrected chi connectivity index (χ3v) is 17.3. The van der Waals surface area contributed by atoms with Crippen LogP contribution in [0.5, 0.6) is 0 Å². The first-order valence-electron chi connectivity index (χ1n) is 36.3. The third kappa shape index (κ3) is 48.8. The van der Waals surface area contributed by atoms with Gasteiger partial charge < -0.3 is 0 Å². The van der Waals surface area contributed by atoms with Gasteiger partial charge in [-0.05, 0) is 100 Å². The van der Waals surface area contributed by atoms with Crippen molar-refractivity contribution in [2.75, 3.05) is 0 Å². The number of aliphatic imine (C=N–C) groups is 2. The van der Waals surface area contributed by atoms with Crippen LogP contribution in [0.4, 0.5) is 11.4 Å². The smallest absolute Gasteiger partial charge is 0.0665 e. The topological polar surface area (TPSA) is 24.7 Å². The molecular formula is C78H136N2Pd. The van der Waals surface area contributed by atoms with Gasteiger partial charge in [0.25, 0.3) is 0 Å². The van der Waals surface area contributed by atoms with Crippen molar-refractivity contribution in [3.05, 3.63) is 84.0 Å². The molecule has 2 rings (SSSR count). The summed E-state index contributed by atoms with van der Waals surface area (Å²) in [5, 5.41) is 0. The Balaban J connectivity index is 0.0000328. The number of allylic oxidation sites excluding steroid dienone is 4. The molecule has 0 atom stereocenters. The molecule has 0 aromatic heterocycles. The molecule has 81 heavy (non-hydrogen) atoms. The first-order chi connectivity index (χ1) is 39.7. The first kappa shape index (κ1) is 76.9. The third-order valence-electron chi connectivity index (χ3n) is 17.3. The first-order valence-corrected chi connectivity index (χ1v) is 36.3. The Labute approximate surface area is 521 Å². The van der Waals surface area contributed by atoms with E-state index < -0.39 is 0 Å². The van der Waals surface area contributed by atoms with Gasteiger partial charge in [-0.15, -0.1) is 0 Å². The van der Waals surface area contributed by atoms with E-state index in [4.69, 9.17) is 9.98 Å². The number of hydrogen-bond donors (Lipinski definition) is 0. The summed E-state index contributed by atoms with van der Waals surface area (Å²) in [5.41, 5.74) is 7.45. The number of rotatable bonds is 61. The number of hydrogen-bond acceptors (Lipinski definition) is 2. The molecule has 2 aromatic rings. The Morgan fingerprint density at radius 3 is 0.765 bits per heavy atom. The maximum absolute atomic E-state index is 5.56. The summed E-state index contributed by atoms with van der Waals surface area (Å²) >= 11 is 0. The van der Waals surface area contributed by atoms with Gasteiger partial charge in [0.2, 0.25) is 0 Å². The monoisotopic (exact) mass is 1210 g/mol. The van der Waals surface area contributed by atoms with Crippen molar-refractivity contribution in [1.82, 2.24) is 0 Å². The molecule has 0 radical (unpaired) electrons. The molecule has 0 spiro atoms. The Bertz CT molecular complexity index is 1720. The van der Waals surface area contributed by atoms with E-state index in [1.54, 1.807) is 0 Å². The maximum Gasteiger partial charge on any atom is 0.0665 e. The summed E-state index contributed by atoms with van der Waals surface area (Å²) < 4.78 is 0. The molecule has 0 amide bonds. The molecule has 0 N–H and O–H groups in total. The molecule has 0 unspecified atom stereocenters. The fraction of sp³-hybridized carbons (Fsp3) is 0.769. The van der Waals surface area contributed by atoms with Gasteiger partial charge in [0.1, 0.15) is 0 Å². The van der Waals surface area contributed by atoms with Crippen LogP contribution in [0.25, 0.3) is 0 Å². The van der Waals surface area contributed by atoms with E-state index in [1.807, 2.05) is 0 Å². The molecule has 0 aliphatic rings. The molecule has 0 saturated carbocycles. The van der Waals surface area contributed by atoms with Crippen LogP contribution < -0.4 is 0 Å². The standard InChI is InChI=1S/C78H136N2.Pd/c1-5-9-13-16-18-20-22-24-26-28-30-32-34-36-38-40-42-44-46-48-50-52-54-56-58-65-73-67-61-63-70-75(73)79-77(69-12-8-4)78(72-60-15-11-7-3)80-76-71-64-62-68-74(76)66-59-57-55-53-51-49-47-45-43-41-39-37-35-33-31-29-27-25-23-21-19-17-14-10-6-2;/h54-57,61-64,67-68,70-71H,5-53,58-60,65-66,69,72H2,1-4H3;/b56-54+,57-55+,79-77?,80-78?;. The van der Waals surface area contributed by atoms with Crippen molar-refractivity contribution in [1.29, 1.82) is 0 Å². The van der Waals surface area contributed by atoms with Crippen LogP contribution in [0, 0.1) is 0 Å². The van der Waals surface area contributed by atoms with E-state index in [2.05, 4.69) is 101 Å². The second-order valence-corrected chi connectivity index (χ2v) is 25.0. The zero-order valence-corrected chi connectivity index (χ0v) is 56.3. The minimum atomic E-state index is 0.